The van der Waals surface area contributed by atoms with Gasteiger partial charge in [-0.25, -0.2) is 13.1 Å². The van der Waals surface area contributed by atoms with Gasteiger partial charge < -0.3 is 0 Å². The van der Waals surface area contributed by atoms with Crippen LogP contribution in [0.4, 0.5) is 0 Å². The van der Waals surface area contributed by atoms with Crippen molar-refractivity contribution in [2.45, 2.75) is 49.8 Å². The van der Waals surface area contributed by atoms with Crippen molar-refractivity contribution in [1.29, 1.82) is 0 Å². The largest absolute Gasteiger partial charge is 0.250 e. The maximum atomic E-state index is 12.2. The second-order valence-electron chi connectivity index (χ2n) is 4.01. The van der Waals surface area contributed by atoms with Crippen LogP contribution in [0.15, 0.2) is 20.1 Å². The second-order valence-corrected chi connectivity index (χ2v) is 8.38. The lowest BCUT2D eigenvalue weighted by Crippen LogP contribution is -2.46. The molecule has 1 aromatic heterocycles. The number of hydrogen-bond acceptors (Lipinski definition) is 3. The van der Waals surface area contributed by atoms with Gasteiger partial charge in [0.25, 0.3) is 10.0 Å². The Morgan fingerprint density at radius 3 is 2.12 bits per heavy atom. The molecule has 0 aromatic carbocycles. The summed E-state index contributed by atoms with van der Waals surface area (Å²) in [5.74, 6) is 0. The summed E-state index contributed by atoms with van der Waals surface area (Å²) in [5.41, 5.74) is -0.324. The lowest BCUT2D eigenvalue weighted by atomic mass is 9.91. The van der Waals surface area contributed by atoms with Crippen LogP contribution >= 0.6 is 27.3 Å². The molecule has 0 fully saturated rings. The van der Waals surface area contributed by atoms with Gasteiger partial charge in [0, 0.05) is 5.54 Å². The van der Waals surface area contributed by atoms with Crippen LogP contribution in [0.3, 0.4) is 0 Å². The zero-order valence-electron chi connectivity index (χ0n) is 10.3. The average molecular weight is 340 g/mol. The summed E-state index contributed by atoms with van der Waals surface area (Å²) in [6.07, 6.45) is 2.39. The fourth-order valence-electron chi connectivity index (χ4n) is 1.74. The first-order chi connectivity index (χ1) is 7.89. The molecule has 0 atom stereocenters. The number of sulfonamides is 1. The van der Waals surface area contributed by atoms with Crippen LogP contribution in [0.1, 0.15) is 40.0 Å². The van der Waals surface area contributed by atoms with Crippen molar-refractivity contribution in [3.63, 3.8) is 0 Å². The minimum absolute atomic E-state index is 0.324. The Bertz CT molecular complexity index is 455. The van der Waals surface area contributed by atoms with Crippen molar-refractivity contribution in [2.24, 2.45) is 0 Å². The highest BCUT2D eigenvalue weighted by atomic mass is 79.9. The number of hydrogen-bond donors (Lipinski definition) is 1. The molecule has 0 spiro atoms. The molecule has 17 heavy (non-hydrogen) atoms. The molecule has 3 nitrogen and oxygen atoms in total. The maximum absolute atomic E-state index is 12.2. The molecule has 0 unspecified atom stereocenters. The molecule has 0 saturated heterocycles. The summed E-state index contributed by atoms with van der Waals surface area (Å²) >= 11 is 4.51. The molecule has 1 heterocycles. The Kier molecular flexibility index (Phi) is 5.19. The molecule has 0 aliphatic rings. The van der Waals surface area contributed by atoms with Crippen molar-refractivity contribution in [1.82, 2.24) is 4.72 Å². The minimum atomic E-state index is -3.39. The first kappa shape index (κ1) is 15.1. The van der Waals surface area contributed by atoms with E-state index >= 15 is 0 Å². The molecule has 6 heteroatoms. The third kappa shape index (κ3) is 3.53. The standard InChI is InChI=1S/C11H18BrNO2S2/c1-4-11(5-2,6-3)13-17(14,15)10-8-7-9(12)16-10/h7-8,13H,4-6H2,1-3H3. The average Bonchev–Trinajstić information content (AvgIpc) is 2.74. The summed E-state index contributed by atoms with van der Waals surface area (Å²) in [5, 5.41) is 0. The van der Waals surface area contributed by atoms with E-state index in [1.54, 1.807) is 12.1 Å². The maximum Gasteiger partial charge on any atom is 0.250 e. The number of rotatable bonds is 6. The molecule has 0 amide bonds. The molecule has 98 valence electrons. The van der Waals surface area contributed by atoms with Gasteiger partial charge >= 0.3 is 0 Å². The molecule has 1 N–H and O–H groups in total. The Hall–Kier alpha value is 0.0900. The van der Waals surface area contributed by atoms with E-state index in [4.69, 9.17) is 0 Å². The van der Waals surface area contributed by atoms with E-state index in [0.717, 1.165) is 23.0 Å². The Morgan fingerprint density at radius 2 is 1.76 bits per heavy atom. The lowest BCUT2D eigenvalue weighted by Gasteiger charge is -2.30. The summed E-state index contributed by atoms with van der Waals surface area (Å²) in [7, 11) is -3.39. The van der Waals surface area contributed by atoms with Crippen molar-refractivity contribution >= 4 is 37.3 Å². The summed E-state index contributed by atoms with van der Waals surface area (Å²) in [4.78, 5) is 0. The van der Waals surface area contributed by atoms with Gasteiger partial charge in [-0.15, -0.1) is 11.3 Å². The van der Waals surface area contributed by atoms with Gasteiger partial charge in [-0.3, -0.25) is 0 Å². The van der Waals surface area contributed by atoms with Gasteiger partial charge in [0.15, 0.2) is 0 Å². The smallest absolute Gasteiger partial charge is 0.206 e. The molecule has 0 bridgehead atoms. The Morgan fingerprint density at radius 1 is 1.24 bits per heavy atom. The highest BCUT2D eigenvalue weighted by Crippen LogP contribution is 2.29. The highest BCUT2D eigenvalue weighted by molar-refractivity contribution is 9.11. The quantitative estimate of drug-likeness (QED) is 0.857. The summed E-state index contributed by atoms with van der Waals surface area (Å²) < 4.78 is 28.5. The van der Waals surface area contributed by atoms with Gasteiger partial charge in [0.1, 0.15) is 4.21 Å². The third-order valence-corrected chi connectivity index (χ3v) is 6.89. The van der Waals surface area contributed by atoms with Crippen LogP contribution in [-0.2, 0) is 10.0 Å². The Labute approximate surface area is 116 Å². The molecular formula is C11H18BrNO2S2. The van der Waals surface area contributed by atoms with Gasteiger partial charge in [-0.1, -0.05) is 20.8 Å². The van der Waals surface area contributed by atoms with Crippen LogP contribution in [-0.4, -0.2) is 14.0 Å². The second kappa shape index (κ2) is 5.82. The highest BCUT2D eigenvalue weighted by Gasteiger charge is 2.30. The minimum Gasteiger partial charge on any atom is -0.206 e. The number of nitrogens with one attached hydrogen (secondary N) is 1. The third-order valence-electron chi connectivity index (χ3n) is 3.19. The fourth-order valence-corrected chi connectivity index (χ4v) is 5.37. The van der Waals surface area contributed by atoms with Gasteiger partial charge in [0.05, 0.1) is 3.79 Å². The van der Waals surface area contributed by atoms with Crippen LogP contribution in [0, 0.1) is 0 Å². The van der Waals surface area contributed by atoms with Crippen molar-refractivity contribution in [2.75, 3.05) is 0 Å². The van der Waals surface area contributed by atoms with Crippen LogP contribution in [0.5, 0.6) is 0 Å². The first-order valence-electron chi connectivity index (χ1n) is 5.68. The molecule has 0 radical (unpaired) electrons. The normalized spacial score (nSPS) is 12.9. The van der Waals surface area contributed by atoms with Crippen molar-refractivity contribution < 1.29 is 8.42 Å². The molecule has 0 saturated carbocycles. The molecule has 0 aliphatic carbocycles. The van der Waals surface area contributed by atoms with E-state index < -0.39 is 10.0 Å². The van der Waals surface area contributed by atoms with Crippen molar-refractivity contribution in [3.8, 4) is 0 Å². The van der Waals surface area contributed by atoms with E-state index in [2.05, 4.69) is 20.7 Å². The number of halogens is 1. The van der Waals surface area contributed by atoms with Crippen molar-refractivity contribution in [3.05, 3.63) is 15.9 Å². The lowest BCUT2D eigenvalue weighted by molar-refractivity contribution is 0.342. The van der Waals surface area contributed by atoms with E-state index in [9.17, 15) is 8.42 Å². The van der Waals surface area contributed by atoms with Crippen LogP contribution in [0.2, 0.25) is 0 Å². The molecule has 1 rings (SSSR count). The zero-order valence-corrected chi connectivity index (χ0v) is 13.5. The Balaban J connectivity index is 3.00. The van der Waals surface area contributed by atoms with E-state index in [-0.39, 0.29) is 5.54 Å². The number of thiophene rings is 1. The summed E-state index contributed by atoms with van der Waals surface area (Å²) in [6.45, 7) is 6.04. The predicted molar refractivity (Wildman–Crippen MR) is 75.9 cm³/mol. The molecular weight excluding hydrogens is 322 g/mol. The van der Waals surface area contributed by atoms with Gasteiger partial charge in [0.2, 0.25) is 0 Å². The van der Waals surface area contributed by atoms with Crippen LogP contribution in [0.25, 0.3) is 0 Å². The SMILES string of the molecule is CCC(CC)(CC)NS(=O)(=O)c1ccc(Br)s1. The topological polar surface area (TPSA) is 46.2 Å². The van der Waals surface area contributed by atoms with Gasteiger partial charge in [-0.05, 0) is 47.3 Å². The summed E-state index contributed by atoms with van der Waals surface area (Å²) in [6, 6.07) is 3.38. The first-order valence-corrected chi connectivity index (χ1v) is 8.77. The predicted octanol–water partition coefficient (Wildman–Crippen LogP) is 3.76. The molecule has 0 aliphatic heterocycles. The van der Waals surface area contributed by atoms with E-state index in [1.165, 1.54) is 11.3 Å². The molecule has 1 aromatic rings. The monoisotopic (exact) mass is 339 g/mol. The van der Waals surface area contributed by atoms with Crippen LogP contribution < -0.4 is 4.72 Å². The van der Waals surface area contributed by atoms with Gasteiger partial charge in [-0.2, -0.15) is 0 Å². The van der Waals surface area contributed by atoms with E-state index in [0.29, 0.717) is 4.21 Å². The fraction of sp³-hybridized carbons (Fsp3) is 0.636. The van der Waals surface area contributed by atoms with E-state index in [1.807, 2.05) is 20.8 Å². The zero-order chi connectivity index (χ0) is 13.1.